The van der Waals surface area contributed by atoms with Crippen molar-refractivity contribution in [1.82, 2.24) is 9.38 Å². The number of carbonyl (C=O) groups excluding carboxylic acids is 3. The summed E-state index contributed by atoms with van der Waals surface area (Å²) in [7, 11) is 0. The van der Waals surface area contributed by atoms with Gasteiger partial charge < -0.3 is 25.1 Å². The van der Waals surface area contributed by atoms with Gasteiger partial charge in [0.2, 0.25) is 17.7 Å². The number of amides is 3. The van der Waals surface area contributed by atoms with Crippen molar-refractivity contribution in [2.75, 3.05) is 16.0 Å². The van der Waals surface area contributed by atoms with Crippen LogP contribution in [0.1, 0.15) is 25.7 Å². The standard InChI is InChI=1S/C28H25N5O4/c34-25(18-6-7-18)32-23-17-33-16-22(12-13-24(33)31-23)37-21-10-8-20(9-11-21)30-27(36)28(14-15-28)26(35)29-19-4-2-1-3-5-19/h1-5,8-13,16-18H,6-7,14-15H2,(H,29,35)(H,30,36)(H,32,34). The van der Waals surface area contributed by atoms with Crippen LogP contribution < -0.4 is 20.7 Å². The van der Waals surface area contributed by atoms with Crippen LogP contribution in [0.3, 0.4) is 0 Å². The Bertz CT molecular complexity index is 1490. The summed E-state index contributed by atoms with van der Waals surface area (Å²) in [5.41, 5.74) is 0.905. The number of imidazole rings is 1. The van der Waals surface area contributed by atoms with Crippen LogP contribution in [0.2, 0.25) is 0 Å². The summed E-state index contributed by atoms with van der Waals surface area (Å²) in [5, 5.41) is 8.53. The highest BCUT2D eigenvalue weighted by Gasteiger charge is 2.56. The quantitative estimate of drug-likeness (QED) is 0.303. The van der Waals surface area contributed by atoms with Gasteiger partial charge in [-0.2, -0.15) is 0 Å². The Labute approximate surface area is 212 Å². The molecule has 3 N–H and O–H groups in total. The van der Waals surface area contributed by atoms with Gasteiger partial charge in [-0.1, -0.05) is 18.2 Å². The molecule has 37 heavy (non-hydrogen) atoms. The van der Waals surface area contributed by atoms with E-state index in [9.17, 15) is 14.4 Å². The van der Waals surface area contributed by atoms with E-state index >= 15 is 0 Å². The molecule has 186 valence electrons. The third kappa shape index (κ3) is 4.88. The first kappa shape index (κ1) is 22.8. The number of rotatable bonds is 8. The fraction of sp³-hybridized carbons (Fsp3) is 0.214. The molecule has 2 heterocycles. The Morgan fingerprint density at radius 1 is 0.784 bits per heavy atom. The number of hydrogen-bond donors (Lipinski definition) is 3. The zero-order valence-electron chi connectivity index (χ0n) is 19.9. The minimum absolute atomic E-state index is 0.0106. The highest BCUT2D eigenvalue weighted by molar-refractivity contribution is 6.16. The summed E-state index contributed by atoms with van der Waals surface area (Å²) in [6.07, 6.45) is 6.44. The molecular formula is C28H25N5O4. The minimum atomic E-state index is -1.04. The summed E-state index contributed by atoms with van der Waals surface area (Å²) < 4.78 is 7.75. The molecule has 9 heteroatoms. The minimum Gasteiger partial charge on any atom is -0.456 e. The number of ether oxygens (including phenoxy) is 1. The number of nitrogens with zero attached hydrogens (tertiary/aromatic N) is 2. The van der Waals surface area contributed by atoms with E-state index in [4.69, 9.17) is 4.74 Å². The van der Waals surface area contributed by atoms with Gasteiger partial charge >= 0.3 is 0 Å². The van der Waals surface area contributed by atoms with Crippen molar-refractivity contribution in [2.45, 2.75) is 25.7 Å². The van der Waals surface area contributed by atoms with E-state index in [0.717, 1.165) is 12.8 Å². The second kappa shape index (κ2) is 9.09. The van der Waals surface area contributed by atoms with Crippen LogP contribution in [0.5, 0.6) is 11.5 Å². The molecule has 2 aromatic heterocycles. The van der Waals surface area contributed by atoms with Crippen LogP contribution in [-0.2, 0) is 14.4 Å². The molecular weight excluding hydrogens is 470 g/mol. The summed E-state index contributed by atoms with van der Waals surface area (Å²) in [6.45, 7) is 0. The number of pyridine rings is 1. The second-order valence-corrected chi connectivity index (χ2v) is 9.50. The molecule has 0 radical (unpaired) electrons. The number of hydrogen-bond acceptors (Lipinski definition) is 5. The molecule has 0 saturated heterocycles. The molecule has 2 fully saturated rings. The molecule has 0 spiro atoms. The lowest BCUT2D eigenvalue weighted by Crippen LogP contribution is -2.35. The van der Waals surface area contributed by atoms with Crippen LogP contribution in [-0.4, -0.2) is 27.1 Å². The van der Waals surface area contributed by atoms with E-state index in [-0.39, 0.29) is 23.6 Å². The molecule has 2 aliphatic rings. The molecule has 0 atom stereocenters. The van der Waals surface area contributed by atoms with Crippen LogP contribution in [0.15, 0.2) is 79.1 Å². The Balaban J connectivity index is 1.07. The van der Waals surface area contributed by atoms with Gasteiger partial charge in [-0.3, -0.25) is 14.4 Å². The van der Waals surface area contributed by atoms with Crippen molar-refractivity contribution < 1.29 is 19.1 Å². The molecule has 0 aliphatic heterocycles. The third-order valence-electron chi connectivity index (χ3n) is 6.62. The van der Waals surface area contributed by atoms with Gasteiger partial charge in [-0.05, 0) is 74.2 Å². The van der Waals surface area contributed by atoms with Gasteiger partial charge in [-0.25, -0.2) is 4.98 Å². The lowest BCUT2D eigenvalue weighted by atomic mass is 10.0. The summed E-state index contributed by atoms with van der Waals surface area (Å²) >= 11 is 0. The Hall–Kier alpha value is -4.66. The number of fused-ring (bicyclic) bond motifs is 1. The van der Waals surface area contributed by atoms with E-state index in [1.54, 1.807) is 59.3 Å². The predicted octanol–water partition coefficient (Wildman–Crippen LogP) is 4.83. The summed E-state index contributed by atoms with van der Waals surface area (Å²) in [6, 6.07) is 19.7. The van der Waals surface area contributed by atoms with Gasteiger partial charge in [0.05, 0.1) is 12.4 Å². The van der Waals surface area contributed by atoms with Crippen LogP contribution in [0.4, 0.5) is 17.2 Å². The number of benzene rings is 2. The van der Waals surface area contributed by atoms with Crippen molar-refractivity contribution in [3.63, 3.8) is 0 Å². The zero-order valence-corrected chi connectivity index (χ0v) is 19.9. The lowest BCUT2D eigenvalue weighted by Gasteiger charge is -2.16. The first-order valence-electron chi connectivity index (χ1n) is 12.2. The Morgan fingerprint density at radius 3 is 2.08 bits per heavy atom. The van der Waals surface area contributed by atoms with Crippen LogP contribution in [0, 0.1) is 11.3 Å². The zero-order chi connectivity index (χ0) is 25.4. The first-order chi connectivity index (χ1) is 18.0. The van der Waals surface area contributed by atoms with E-state index in [2.05, 4.69) is 20.9 Å². The third-order valence-corrected chi connectivity index (χ3v) is 6.62. The van der Waals surface area contributed by atoms with E-state index < -0.39 is 5.41 Å². The molecule has 4 aromatic rings. The average Bonchev–Trinajstić information content (AvgIpc) is 3.82. The monoisotopic (exact) mass is 495 g/mol. The maximum Gasteiger partial charge on any atom is 0.240 e. The summed E-state index contributed by atoms with van der Waals surface area (Å²) in [5.74, 6) is 1.21. The van der Waals surface area contributed by atoms with Gasteiger partial charge in [0.1, 0.15) is 22.6 Å². The SMILES string of the molecule is O=C(Nc1cn2cc(Oc3ccc(NC(=O)C4(C(=O)Nc5ccccc5)CC4)cc3)ccc2n1)C1CC1. The number of carbonyl (C=O) groups is 3. The average molecular weight is 496 g/mol. The predicted molar refractivity (Wildman–Crippen MR) is 138 cm³/mol. The van der Waals surface area contributed by atoms with Gasteiger partial charge in [0.15, 0.2) is 5.82 Å². The second-order valence-electron chi connectivity index (χ2n) is 9.50. The smallest absolute Gasteiger partial charge is 0.240 e. The molecule has 9 nitrogen and oxygen atoms in total. The van der Waals surface area contributed by atoms with Crippen molar-refractivity contribution in [1.29, 1.82) is 0 Å². The molecule has 3 amide bonds. The molecule has 0 bridgehead atoms. The molecule has 2 saturated carbocycles. The van der Waals surface area contributed by atoms with Crippen molar-refractivity contribution in [2.24, 2.45) is 11.3 Å². The highest BCUT2D eigenvalue weighted by Crippen LogP contribution is 2.47. The van der Waals surface area contributed by atoms with Gasteiger partial charge in [0, 0.05) is 17.3 Å². The maximum atomic E-state index is 12.9. The van der Waals surface area contributed by atoms with Crippen LogP contribution >= 0.6 is 0 Å². The van der Waals surface area contributed by atoms with E-state index in [0.29, 0.717) is 47.2 Å². The number of para-hydroxylation sites is 1. The fourth-order valence-electron chi connectivity index (χ4n) is 4.11. The molecule has 2 aromatic carbocycles. The fourth-order valence-corrected chi connectivity index (χ4v) is 4.11. The molecule has 0 unspecified atom stereocenters. The highest BCUT2D eigenvalue weighted by atomic mass is 16.5. The number of anilines is 3. The Morgan fingerprint density at radius 2 is 1.43 bits per heavy atom. The van der Waals surface area contributed by atoms with Crippen molar-refractivity contribution in [3.8, 4) is 11.5 Å². The van der Waals surface area contributed by atoms with Crippen molar-refractivity contribution >= 4 is 40.6 Å². The van der Waals surface area contributed by atoms with E-state index in [1.807, 2.05) is 24.3 Å². The number of aromatic nitrogens is 2. The van der Waals surface area contributed by atoms with Gasteiger partial charge in [-0.15, -0.1) is 0 Å². The number of nitrogens with one attached hydrogen (secondary N) is 3. The van der Waals surface area contributed by atoms with E-state index in [1.165, 1.54) is 0 Å². The maximum absolute atomic E-state index is 12.9. The normalized spacial score (nSPS) is 15.6. The van der Waals surface area contributed by atoms with Crippen molar-refractivity contribution in [3.05, 3.63) is 79.1 Å². The summed E-state index contributed by atoms with van der Waals surface area (Å²) in [4.78, 5) is 42.1. The largest absolute Gasteiger partial charge is 0.456 e. The molecule has 6 rings (SSSR count). The first-order valence-corrected chi connectivity index (χ1v) is 12.2. The topological polar surface area (TPSA) is 114 Å². The van der Waals surface area contributed by atoms with Crippen LogP contribution in [0.25, 0.3) is 5.65 Å². The molecule has 2 aliphatic carbocycles. The lowest BCUT2D eigenvalue weighted by molar-refractivity contribution is -0.131. The Kier molecular flexibility index (Phi) is 5.60. The van der Waals surface area contributed by atoms with Gasteiger partial charge in [0.25, 0.3) is 0 Å².